The second-order valence-electron chi connectivity index (χ2n) is 10.1. The Hall–Kier alpha value is -4.74. The van der Waals surface area contributed by atoms with Crippen molar-refractivity contribution in [2.45, 2.75) is 6.04 Å². The average Bonchev–Trinajstić information content (AvgIpc) is 3.39. The van der Waals surface area contributed by atoms with Gasteiger partial charge in [0.05, 0.1) is 35.2 Å². The van der Waals surface area contributed by atoms with Crippen molar-refractivity contribution in [3.8, 4) is 39.4 Å². The van der Waals surface area contributed by atoms with E-state index in [1.807, 2.05) is 36.4 Å². The molecule has 5 aromatic rings. The van der Waals surface area contributed by atoms with Crippen LogP contribution < -0.4 is 9.64 Å². The molecule has 0 radical (unpaired) electrons. The molecule has 4 heterocycles. The molecule has 2 aliphatic rings. The van der Waals surface area contributed by atoms with Crippen molar-refractivity contribution in [3.05, 3.63) is 90.2 Å². The Balaban J connectivity index is 1.29. The third kappa shape index (κ3) is 3.99. The molecule has 39 heavy (non-hydrogen) atoms. The van der Waals surface area contributed by atoms with Crippen LogP contribution in [0.1, 0.15) is 0 Å². The molecule has 3 aromatic carbocycles. The van der Waals surface area contributed by atoms with E-state index in [0.29, 0.717) is 40.7 Å². The van der Waals surface area contributed by atoms with Crippen LogP contribution in [0, 0.1) is 12.4 Å². The van der Waals surface area contributed by atoms with Crippen LogP contribution in [0.4, 0.5) is 15.8 Å². The maximum absolute atomic E-state index is 15.5. The molecule has 1 atom stereocenters. The minimum atomic E-state index is -0.406. The van der Waals surface area contributed by atoms with Crippen LogP contribution >= 0.6 is 0 Å². The van der Waals surface area contributed by atoms with Crippen LogP contribution in [-0.2, 0) is 0 Å². The molecule has 1 fully saturated rings. The number of aromatic amines is 1. The van der Waals surface area contributed by atoms with Gasteiger partial charge in [-0.05, 0) is 49.0 Å². The van der Waals surface area contributed by atoms with Crippen molar-refractivity contribution in [2.24, 2.45) is 0 Å². The monoisotopic (exact) mass is 516 g/mol. The predicted molar refractivity (Wildman–Crippen MR) is 151 cm³/mol. The number of hydrogen-bond donors (Lipinski definition) is 1. The summed E-state index contributed by atoms with van der Waals surface area (Å²) in [6.07, 6.45) is 1.68. The first-order chi connectivity index (χ1) is 19.1. The highest BCUT2D eigenvalue weighted by Crippen LogP contribution is 2.42. The van der Waals surface area contributed by atoms with Gasteiger partial charge in [-0.15, -0.1) is 0 Å². The third-order valence-electron chi connectivity index (χ3n) is 7.68. The lowest BCUT2D eigenvalue weighted by Crippen LogP contribution is -2.56. The minimum Gasteiger partial charge on any atom is -0.489 e. The zero-order valence-electron chi connectivity index (χ0n) is 21.4. The Morgan fingerprint density at radius 2 is 1.92 bits per heavy atom. The molecule has 192 valence electrons. The summed E-state index contributed by atoms with van der Waals surface area (Å²) in [5, 5.41) is 8.47. The number of halogens is 1. The zero-order valence-corrected chi connectivity index (χ0v) is 21.4. The van der Waals surface area contributed by atoms with E-state index in [-0.39, 0.29) is 0 Å². The number of nitrogens with one attached hydrogen (secondary N) is 1. The Bertz CT molecular complexity index is 1760. The van der Waals surface area contributed by atoms with E-state index in [1.165, 1.54) is 6.07 Å². The van der Waals surface area contributed by atoms with Gasteiger partial charge in [-0.2, -0.15) is 5.10 Å². The standard InChI is InChI=1S/C31H25FN6O/c1-33-27-16-28-24(15-23(27)22-8-6-19(13-25(22)32)26-5-3-4-10-34-26)31(36-35-28)20-7-9-29-30(14-20)39-18-21-17-37(2)11-12-38(21)29/h3-10,13-16,21H,11-12,17-18H2,2H3,(H,35,36). The van der Waals surface area contributed by atoms with E-state index in [4.69, 9.17) is 11.3 Å². The molecule has 0 amide bonds. The number of nitrogens with zero attached hydrogens (tertiary/aromatic N) is 5. The van der Waals surface area contributed by atoms with E-state index >= 15 is 4.39 Å². The summed E-state index contributed by atoms with van der Waals surface area (Å²) in [6.45, 7) is 11.4. The first kappa shape index (κ1) is 23.4. The van der Waals surface area contributed by atoms with Crippen LogP contribution in [0.25, 0.3) is 49.4 Å². The molecule has 7 nitrogen and oxygen atoms in total. The van der Waals surface area contributed by atoms with Crippen molar-refractivity contribution in [1.82, 2.24) is 20.1 Å². The molecule has 2 aromatic heterocycles. The average molecular weight is 517 g/mol. The number of ether oxygens (including phenoxy) is 1. The summed E-state index contributed by atoms with van der Waals surface area (Å²) in [6, 6.07) is 20.7. The lowest BCUT2D eigenvalue weighted by atomic mass is 9.97. The summed E-state index contributed by atoms with van der Waals surface area (Å²) >= 11 is 0. The maximum Gasteiger partial charge on any atom is 0.197 e. The highest BCUT2D eigenvalue weighted by molar-refractivity contribution is 6.00. The Morgan fingerprint density at radius 3 is 2.74 bits per heavy atom. The number of aromatic nitrogens is 3. The highest BCUT2D eigenvalue weighted by atomic mass is 19.1. The SMILES string of the molecule is [C-]#[N+]c1cc2[nH]nc(-c3ccc4c(c3)OCC3CN(C)CCN43)c2cc1-c1ccc(-c2ccccn2)cc1F. The number of pyridine rings is 1. The number of fused-ring (bicyclic) bond motifs is 4. The van der Waals surface area contributed by atoms with Gasteiger partial charge in [0, 0.05) is 47.9 Å². The number of piperazine rings is 1. The van der Waals surface area contributed by atoms with E-state index in [9.17, 15) is 0 Å². The van der Waals surface area contributed by atoms with Crippen molar-refractivity contribution in [1.29, 1.82) is 0 Å². The summed E-state index contributed by atoms with van der Waals surface area (Å²) < 4.78 is 21.6. The molecule has 0 aliphatic carbocycles. The first-order valence-corrected chi connectivity index (χ1v) is 12.9. The zero-order chi connectivity index (χ0) is 26.5. The van der Waals surface area contributed by atoms with Gasteiger partial charge >= 0.3 is 0 Å². The molecule has 1 unspecified atom stereocenters. The number of anilines is 1. The number of benzene rings is 3. The number of H-pyrrole nitrogens is 1. The van der Waals surface area contributed by atoms with E-state index < -0.39 is 5.82 Å². The van der Waals surface area contributed by atoms with Gasteiger partial charge < -0.3 is 14.5 Å². The first-order valence-electron chi connectivity index (χ1n) is 12.9. The molecule has 1 saturated heterocycles. The van der Waals surface area contributed by atoms with Gasteiger partial charge in [-0.3, -0.25) is 10.1 Å². The number of hydrogen-bond acceptors (Lipinski definition) is 5. The topological polar surface area (TPSA) is 61.6 Å². The molecule has 0 spiro atoms. The maximum atomic E-state index is 15.5. The van der Waals surface area contributed by atoms with Crippen LogP contribution in [0.3, 0.4) is 0 Å². The molecule has 0 bridgehead atoms. The van der Waals surface area contributed by atoms with Crippen molar-refractivity contribution in [3.63, 3.8) is 0 Å². The van der Waals surface area contributed by atoms with E-state index in [2.05, 4.69) is 49.0 Å². The third-order valence-corrected chi connectivity index (χ3v) is 7.68. The molecule has 2 aliphatic heterocycles. The van der Waals surface area contributed by atoms with Crippen LogP contribution in [0.15, 0.2) is 72.9 Å². The van der Waals surface area contributed by atoms with Gasteiger partial charge in [0.1, 0.15) is 18.2 Å². The van der Waals surface area contributed by atoms with Crippen molar-refractivity contribution < 1.29 is 9.13 Å². The normalized spacial score (nSPS) is 16.8. The summed E-state index contributed by atoms with van der Waals surface area (Å²) in [5.74, 6) is 0.440. The molecule has 0 saturated carbocycles. The van der Waals surface area contributed by atoms with Gasteiger partial charge in [0.2, 0.25) is 0 Å². The van der Waals surface area contributed by atoms with E-state index in [0.717, 1.165) is 53.2 Å². The second-order valence-corrected chi connectivity index (χ2v) is 10.1. The molecular weight excluding hydrogens is 491 g/mol. The van der Waals surface area contributed by atoms with Crippen LogP contribution in [0.5, 0.6) is 5.75 Å². The largest absolute Gasteiger partial charge is 0.489 e. The van der Waals surface area contributed by atoms with Crippen molar-refractivity contribution >= 4 is 22.3 Å². The smallest absolute Gasteiger partial charge is 0.197 e. The lowest BCUT2D eigenvalue weighted by Gasteiger charge is -2.44. The predicted octanol–water partition coefficient (Wildman–Crippen LogP) is 6.16. The molecule has 7 rings (SSSR count). The Kier molecular flexibility index (Phi) is 5.53. The molecular formula is C31H25FN6O. The van der Waals surface area contributed by atoms with Crippen LogP contribution in [-0.4, -0.2) is 59.4 Å². The fraction of sp³-hybridized carbons (Fsp3) is 0.194. The second kappa shape index (κ2) is 9.22. The van der Waals surface area contributed by atoms with E-state index in [1.54, 1.807) is 18.3 Å². The van der Waals surface area contributed by atoms with Gasteiger partial charge in [-0.25, -0.2) is 9.24 Å². The summed E-state index contributed by atoms with van der Waals surface area (Å²) in [4.78, 5) is 12.8. The van der Waals surface area contributed by atoms with Crippen LogP contribution in [0.2, 0.25) is 0 Å². The number of rotatable bonds is 3. The Labute approximate surface area is 225 Å². The quantitative estimate of drug-likeness (QED) is 0.291. The van der Waals surface area contributed by atoms with Gasteiger partial charge in [0.25, 0.3) is 0 Å². The summed E-state index contributed by atoms with van der Waals surface area (Å²) in [5.41, 5.74) is 6.10. The lowest BCUT2D eigenvalue weighted by molar-refractivity contribution is 0.188. The Morgan fingerprint density at radius 1 is 1.03 bits per heavy atom. The number of likely N-dealkylation sites (N-methyl/N-ethyl adjacent to an activating group) is 1. The fourth-order valence-corrected chi connectivity index (χ4v) is 5.68. The summed E-state index contributed by atoms with van der Waals surface area (Å²) in [7, 11) is 2.15. The van der Waals surface area contributed by atoms with Crippen molar-refractivity contribution in [2.75, 3.05) is 38.2 Å². The molecule has 1 N–H and O–H groups in total. The molecule has 8 heteroatoms. The fourth-order valence-electron chi connectivity index (χ4n) is 5.68. The van der Waals surface area contributed by atoms with Gasteiger partial charge in [-0.1, -0.05) is 30.3 Å². The minimum absolute atomic E-state index is 0.349. The van der Waals surface area contributed by atoms with Gasteiger partial charge in [0.15, 0.2) is 5.69 Å². The highest BCUT2D eigenvalue weighted by Gasteiger charge is 2.32.